The Labute approximate surface area is 135 Å². The lowest BCUT2D eigenvalue weighted by Gasteiger charge is -2.17. The number of carbonyl (C=O) groups excluding carboxylic acids is 1. The van der Waals surface area contributed by atoms with Gasteiger partial charge in [-0.05, 0) is 24.3 Å². The van der Waals surface area contributed by atoms with Gasteiger partial charge in [0, 0.05) is 7.11 Å². The van der Waals surface area contributed by atoms with E-state index in [0.717, 1.165) is 0 Å². The van der Waals surface area contributed by atoms with E-state index in [1.54, 1.807) is 38.5 Å². The first-order valence-corrected chi connectivity index (χ1v) is 7.37. The SMILES string of the molecule is COCCO[C@H]1CO[C@H](COC(=O)c2ccc(OC)cc2)[C@H]1O. The van der Waals surface area contributed by atoms with Crippen molar-refractivity contribution in [2.75, 3.05) is 40.6 Å². The number of aliphatic hydroxyl groups is 1. The molecule has 1 fully saturated rings. The minimum atomic E-state index is -0.837. The van der Waals surface area contributed by atoms with E-state index in [1.807, 2.05) is 0 Å². The van der Waals surface area contributed by atoms with E-state index in [4.69, 9.17) is 23.7 Å². The second-order valence-electron chi connectivity index (χ2n) is 5.09. The van der Waals surface area contributed by atoms with Gasteiger partial charge in [0.1, 0.15) is 30.7 Å². The predicted octanol–water partition coefficient (Wildman–Crippen LogP) is 0.643. The lowest BCUT2D eigenvalue weighted by molar-refractivity contribution is -0.0428. The first-order chi connectivity index (χ1) is 11.2. The molecule has 2 rings (SSSR count). The van der Waals surface area contributed by atoms with Gasteiger partial charge in [-0.1, -0.05) is 0 Å². The van der Waals surface area contributed by atoms with E-state index in [0.29, 0.717) is 24.5 Å². The first-order valence-electron chi connectivity index (χ1n) is 7.37. The molecule has 0 aromatic heterocycles. The molecule has 1 aliphatic heterocycles. The second kappa shape index (κ2) is 8.83. The molecule has 7 nitrogen and oxygen atoms in total. The van der Waals surface area contributed by atoms with Crippen LogP contribution < -0.4 is 4.74 Å². The van der Waals surface area contributed by atoms with Gasteiger partial charge in [-0.25, -0.2) is 4.79 Å². The summed E-state index contributed by atoms with van der Waals surface area (Å²) in [6.45, 7) is 1.05. The van der Waals surface area contributed by atoms with Crippen molar-refractivity contribution in [3.63, 3.8) is 0 Å². The van der Waals surface area contributed by atoms with Crippen molar-refractivity contribution in [1.82, 2.24) is 0 Å². The first kappa shape index (κ1) is 17.7. The van der Waals surface area contributed by atoms with Crippen molar-refractivity contribution in [2.24, 2.45) is 0 Å². The number of hydrogen-bond acceptors (Lipinski definition) is 7. The third-order valence-electron chi connectivity index (χ3n) is 3.56. The maximum atomic E-state index is 12.0. The van der Waals surface area contributed by atoms with Crippen molar-refractivity contribution in [3.05, 3.63) is 29.8 Å². The van der Waals surface area contributed by atoms with Crippen LogP contribution >= 0.6 is 0 Å². The zero-order chi connectivity index (χ0) is 16.7. The fourth-order valence-electron chi connectivity index (χ4n) is 2.20. The zero-order valence-corrected chi connectivity index (χ0v) is 13.3. The van der Waals surface area contributed by atoms with Gasteiger partial charge in [0.15, 0.2) is 0 Å². The monoisotopic (exact) mass is 326 g/mol. The van der Waals surface area contributed by atoms with E-state index in [-0.39, 0.29) is 13.2 Å². The fourth-order valence-corrected chi connectivity index (χ4v) is 2.20. The Kier molecular flexibility index (Phi) is 6.79. The average molecular weight is 326 g/mol. The molecular weight excluding hydrogens is 304 g/mol. The Hall–Kier alpha value is -1.67. The van der Waals surface area contributed by atoms with Gasteiger partial charge < -0.3 is 28.8 Å². The van der Waals surface area contributed by atoms with Gasteiger partial charge in [-0.3, -0.25) is 0 Å². The Balaban J connectivity index is 1.77. The highest BCUT2D eigenvalue weighted by Crippen LogP contribution is 2.18. The molecule has 3 atom stereocenters. The topological polar surface area (TPSA) is 83.5 Å². The van der Waals surface area contributed by atoms with E-state index in [9.17, 15) is 9.90 Å². The molecule has 1 saturated heterocycles. The van der Waals surface area contributed by atoms with E-state index >= 15 is 0 Å². The Morgan fingerprint density at radius 1 is 1.26 bits per heavy atom. The molecule has 0 spiro atoms. The average Bonchev–Trinajstić information content (AvgIpc) is 2.93. The fraction of sp³-hybridized carbons (Fsp3) is 0.562. The van der Waals surface area contributed by atoms with Crippen LogP contribution in [0.4, 0.5) is 0 Å². The van der Waals surface area contributed by atoms with Crippen molar-refractivity contribution in [1.29, 1.82) is 0 Å². The molecule has 0 saturated carbocycles. The van der Waals surface area contributed by atoms with E-state index in [2.05, 4.69) is 0 Å². The van der Waals surface area contributed by atoms with Crippen LogP contribution in [-0.4, -0.2) is 70.0 Å². The molecule has 1 aromatic rings. The van der Waals surface area contributed by atoms with Crippen LogP contribution in [0.15, 0.2) is 24.3 Å². The van der Waals surface area contributed by atoms with Crippen LogP contribution in [0.1, 0.15) is 10.4 Å². The molecule has 1 heterocycles. The van der Waals surface area contributed by atoms with Crippen LogP contribution in [-0.2, 0) is 18.9 Å². The normalized spacial score (nSPS) is 23.7. The van der Waals surface area contributed by atoms with Gasteiger partial charge in [-0.2, -0.15) is 0 Å². The van der Waals surface area contributed by atoms with Gasteiger partial charge in [0.2, 0.25) is 0 Å². The quantitative estimate of drug-likeness (QED) is 0.554. The highest BCUT2D eigenvalue weighted by Gasteiger charge is 2.37. The number of carbonyl (C=O) groups is 1. The molecule has 128 valence electrons. The van der Waals surface area contributed by atoms with Crippen molar-refractivity contribution < 1.29 is 33.6 Å². The number of hydrogen-bond donors (Lipinski definition) is 1. The molecule has 23 heavy (non-hydrogen) atoms. The van der Waals surface area contributed by atoms with Crippen LogP contribution in [0.5, 0.6) is 5.75 Å². The smallest absolute Gasteiger partial charge is 0.338 e. The largest absolute Gasteiger partial charge is 0.497 e. The van der Waals surface area contributed by atoms with E-state index < -0.39 is 24.3 Å². The molecule has 1 N–H and O–H groups in total. The van der Waals surface area contributed by atoms with Gasteiger partial charge in [0.05, 0.1) is 32.5 Å². The Morgan fingerprint density at radius 2 is 2.00 bits per heavy atom. The molecule has 7 heteroatoms. The highest BCUT2D eigenvalue weighted by atomic mass is 16.6. The van der Waals surface area contributed by atoms with Gasteiger partial charge in [0.25, 0.3) is 0 Å². The number of rotatable bonds is 8. The lowest BCUT2D eigenvalue weighted by atomic mass is 10.1. The molecule has 0 radical (unpaired) electrons. The standard InChI is InChI=1S/C16H22O7/c1-19-7-8-21-13-9-22-14(15(13)17)10-23-16(18)11-3-5-12(20-2)6-4-11/h3-6,13-15,17H,7-10H2,1-2H3/t13-,14+,15-/m0/s1. The lowest BCUT2D eigenvalue weighted by Crippen LogP contribution is -2.35. The molecule has 0 aliphatic carbocycles. The van der Waals surface area contributed by atoms with Crippen molar-refractivity contribution in [2.45, 2.75) is 18.3 Å². The molecule has 1 aromatic carbocycles. The summed E-state index contributed by atoms with van der Waals surface area (Å²) in [6, 6.07) is 6.59. The zero-order valence-electron chi connectivity index (χ0n) is 13.3. The van der Waals surface area contributed by atoms with Crippen molar-refractivity contribution in [3.8, 4) is 5.75 Å². The van der Waals surface area contributed by atoms with Crippen LogP contribution in [0, 0.1) is 0 Å². The number of esters is 1. The maximum absolute atomic E-state index is 12.0. The summed E-state index contributed by atoms with van der Waals surface area (Å²) in [7, 11) is 3.13. The number of aliphatic hydroxyl groups excluding tert-OH is 1. The van der Waals surface area contributed by atoms with Gasteiger partial charge >= 0.3 is 5.97 Å². The Bertz CT molecular complexity index is 488. The molecule has 0 bridgehead atoms. The summed E-state index contributed by atoms with van der Waals surface area (Å²) in [5, 5.41) is 10.1. The summed E-state index contributed by atoms with van der Waals surface area (Å²) in [6.07, 6.45) is -1.87. The second-order valence-corrected chi connectivity index (χ2v) is 5.09. The molecular formula is C16H22O7. The molecule has 1 aliphatic rings. The summed E-state index contributed by atoms with van der Waals surface area (Å²) >= 11 is 0. The third kappa shape index (κ3) is 4.90. The summed E-state index contributed by atoms with van der Waals surface area (Å²) < 4.78 is 26.0. The number of ether oxygens (including phenoxy) is 5. The number of benzene rings is 1. The van der Waals surface area contributed by atoms with Crippen LogP contribution in [0.25, 0.3) is 0 Å². The van der Waals surface area contributed by atoms with Gasteiger partial charge in [-0.15, -0.1) is 0 Å². The predicted molar refractivity (Wildman–Crippen MR) is 80.6 cm³/mol. The maximum Gasteiger partial charge on any atom is 0.338 e. The number of methoxy groups -OCH3 is 2. The summed E-state index contributed by atoms with van der Waals surface area (Å²) in [5.41, 5.74) is 0.409. The van der Waals surface area contributed by atoms with Crippen molar-refractivity contribution >= 4 is 5.97 Å². The minimum Gasteiger partial charge on any atom is -0.497 e. The summed E-state index contributed by atoms with van der Waals surface area (Å²) in [5.74, 6) is 0.180. The van der Waals surface area contributed by atoms with Crippen LogP contribution in [0.2, 0.25) is 0 Å². The Morgan fingerprint density at radius 3 is 2.65 bits per heavy atom. The third-order valence-corrected chi connectivity index (χ3v) is 3.56. The molecule has 0 unspecified atom stereocenters. The van der Waals surface area contributed by atoms with Crippen LogP contribution in [0.3, 0.4) is 0 Å². The molecule has 0 amide bonds. The highest BCUT2D eigenvalue weighted by molar-refractivity contribution is 5.89. The minimum absolute atomic E-state index is 0.0316. The van der Waals surface area contributed by atoms with E-state index in [1.165, 1.54) is 0 Å². The summed E-state index contributed by atoms with van der Waals surface area (Å²) in [4.78, 5) is 12.0.